The van der Waals surface area contributed by atoms with Crippen LogP contribution < -0.4 is 15.8 Å². The highest BCUT2D eigenvalue weighted by Crippen LogP contribution is 2.28. The lowest BCUT2D eigenvalue weighted by molar-refractivity contribution is 0.415. The van der Waals surface area contributed by atoms with Gasteiger partial charge in [-0.15, -0.1) is 0 Å². The summed E-state index contributed by atoms with van der Waals surface area (Å²) >= 11 is 0. The maximum atomic E-state index is 5.99. The Bertz CT molecular complexity index is 1430. The van der Waals surface area contributed by atoms with Crippen molar-refractivity contribution in [3.05, 3.63) is 71.2 Å². The first kappa shape index (κ1) is 19.9. The number of anilines is 3. The average molecular weight is 427 g/mol. The Morgan fingerprint density at radius 2 is 1.88 bits per heavy atom. The molecule has 0 unspecified atom stereocenters. The Morgan fingerprint density at radius 3 is 2.72 bits per heavy atom. The van der Waals surface area contributed by atoms with Crippen LogP contribution in [0.1, 0.15) is 22.5 Å². The largest absolute Gasteiger partial charge is 0.497 e. The zero-order chi connectivity index (χ0) is 22.2. The van der Waals surface area contributed by atoms with Crippen LogP contribution in [0.4, 0.5) is 17.5 Å². The molecule has 0 fully saturated rings. The minimum absolute atomic E-state index is 0.266. The Balaban J connectivity index is 1.45. The van der Waals surface area contributed by atoms with Gasteiger partial charge in [0.15, 0.2) is 0 Å². The van der Waals surface area contributed by atoms with Crippen LogP contribution in [-0.4, -0.2) is 27.0 Å². The van der Waals surface area contributed by atoms with Gasteiger partial charge in [0.25, 0.3) is 0 Å². The Kier molecular flexibility index (Phi) is 4.93. The van der Waals surface area contributed by atoms with Gasteiger partial charge < -0.3 is 25.8 Å². The number of nitrogens with one attached hydrogen (secondary N) is 3. The van der Waals surface area contributed by atoms with Crippen molar-refractivity contribution in [3.63, 3.8) is 0 Å². The first-order valence-corrected chi connectivity index (χ1v) is 10.6. The fourth-order valence-corrected chi connectivity index (χ4v) is 4.26. The molecule has 0 spiro atoms. The summed E-state index contributed by atoms with van der Waals surface area (Å²) in [5, 5.41) is 5.81. The van der Waals surface area contributed by atoms with E-state index in [1.165, 1.54) is 16.3 Å². The van der Waals surface area contributed by atoms with E-state index >= 15 is 0 Å². The van der Waals surface area contributed by atoms with Gasteiger partial charge in [0.05, 0.1) is 7.11 Å². The number of hydrogen-bond acceptors (Lipinski definition) is 5. The number of nitrogens with two attached hydrogens (primary N) is 1. The van der Waals surface area contributed by atoms with Crippen molar-refractivity contribution in [2.45, 2.75) is 26.7 Å². The molecule has 3 heterocycles. The van der Waals surface area contributed by atoms with Crippen LogP contribution in [0.5, 0.6) is 5.75 Å². The van der Waals surface area contributed by atoms with Gasteiger partial charge in [0, 0.05) is 45.3 Å². The van der Waals surface area contributed by atoms with E-state index in [1.807, 2.05) is 19.1 Å². The molecule has 5 N–H and O–H groups in total. The molecular weight excluding hydrogens is 400 g/mol. The fraction of sp³-hybridized carbons (Fsp3) is 0.200. The van der Waals surface area contributed by atoms with E-state index in [4.69, 9.17) is 10.5 Å². The molecule has 3 aromatic heterocycles. The summed E-state index contributed by atoms with van der Waals surface area (Å²) in [6, 6.07) is 14.4. The van der Waals surface area contributed by atoms with Crippen molar-refractivity contribution in [2.75, 3.05) is 18.2 Å². The Labute approximate surface area is 186 Å². The van der Waals surface area contributed by atoms with E-state index in [9.17, 15) is 0 Å². The Hall–Kier alpha value is -4.00. The summed E-state index contributed by atoms with van der Waals surface area (Å²) in [6.07, 6.45) is 3.68. The first-order valence-electron chi connectivity index (χ1n) is 10.6. The molecule has 7 nitrogen and oxygen atoms in total. The number of ether oxygens (including phenoxy) is 1. The lowest BCUT2D eigenvalue weighted by Crippen LogP contribution is -2.08. The highest BCUT2D eigenvalue weighted by Gasteiger charge is 2.14. The number of hydrogen-bond donors (Lipinski definition) is 4. The van der Waals surface area contributed by atoms with Gasteiger partial charge in [-0.3, -0.25) is 0 Å². The average Bonchev–Trinajstić information content (AvgIpc) is 3.34. The van der Waals surface area contributed by atoms with E-state index in [2.05, 4.69) is 68.7 Å². The summed E-state index contributed by atoms with van der Waals surface area (Å²) in [6.45, 7) is 4.04. The minimum atomic E-state index is 0.266. The monoisotopic (exact) mass is 426 g/mol. The van der Waals surface area contributed by atoms with Gasteiger partial charge in [-0.1, -0.05) is 6.07 Å². The normalized spacial score (nSPS) is 11.3. The topological polar surface area (TPSA) is 105 Å². The number of nitrogens with zero attached hydrogens (tertiary/aromatic N) is 2. The van der Waals surface area contributed by atoms with Crippen LogP contribution in [-0.2, 0) is 12.8 Å². The lowest BCUT2D eigenvalue weighted by atomic mass is 10.0. The molecule has 7 heteroatoms. The zero-order valence-electron chi connectivity index (χ0n) is 18.4. The third-order valence-electron chi connectivity index (χ3n) is 5.87. The van der Waals surface area contributed by atoms with Gasteiger partial charge in [-0.2, -0.15) is 4.98 Å². The molecule has 0 aliphatic heterocycles. The molecule has 0 aliphatic rings. The molecule has 0 radical (unpaired) electrons. The second-order valence-electron chi connectivity index (χ2n) is 8.10. The molecule has 0 bridgehead atoms. The first-order chi connectivity index (χ1) is 15.5. The lowest BCUT2D eigenvalue weighted by Gasteiger charge is -2.14. The molecule has 32 heavy (non-hydrogen) atoms. The number of benzene rings is 2. The summed E-state index contributed by atoms with van der Waals surface area (Å²) in [5.74, 6) is 1.86. The number of aromatic amines is 2. The van der Waals surface area contributed by atoms with E-state index in [0.29, 0.717) is 0 Å². The van der Waals surface area contributed by atoms with Crippen molar-refractivity contribution < 1.29 is 4.74 Å². The van der Waals surface area contributed by atoms with Gasteiger partial charge in [-0.05, 0) is 74.0 Å². The molecule has 5 aromatic rings. The molecule has 0 aliphatic carbocycles. The van der Waals surface area contributed by atoms with E-state index in [-0.39, 0.29) is 5.95 Å². The molecule has 0 amide bonds. The number of H-pyrrole nitrogens is 2. The third kappa shape index (κ3) is 3.73. The van der Waals surface area contributed by atoms with Crippen LogP contribution in [0.15, 0.2) is 48.7 Å². The molecule has 0 saturated carbocycles. The summed E-state index contributed by atoms with van der Waals surface area (Å²) in [5.41, 5.74) is 13.4. The van der Waals surface area contributed by atoms with Crippen molar-refractivity contribution in [1.29, 1.82) is 0 Å². The van der Waals surface area contributed by atoms with Crippen molar-refractivity contribution in [2.24, 2.45) is 0 Å². The van der Waals surface area contributed by atoms with E-state index in [1.54, 1.807) is 7.11 Å². The number of methoxy groups -OCH3 is 1. The van der Waals surface area contributed by atoms with Crippen molar-refractivity contribution in [3.8, 4) is 5.75 Å². The van der Waals surface area contributed by atoms with Gasteiger partial charge in [-0.25, -0.2) is 4.98 Å². The highest BCUT2D eigenvalue weighted by atomic mass is 16.5. The summed E-state index contributed by atoms with van der Waals surface area (Å²) in [4.78, 5) is 15.7. The highest BCUT2D eigenvalue weighted by molar-refractivity contribution is 5.85. The molecule has 0 atom stereocenters. The third-order valence-corrected chi connectivity index (χ3v) is 5.87. The van der Waals surface area contributed by atoms with Crippen LogP contribution >= 0.6 is 0 Å². The van der Waals surface area contributed by atoms with E-state index in [0.717, 1.165) is 58.1 Å². The zero-order valence-corrected chi connectivity index (χ0v) is 18.4. The second kappa shape index (κ2) is 7.92. The minimum Gasteiger partial charge on any atom is -0.497 e. The van der Waals surface area contributed by atoms with Crippen LogP contribution in [0, 0.1) is 13.8 Å². The molecule has 5 rings (SSSR count). The fourth-order valence-electron chi connectivity index (χ4n) is 4.26. The maximum absolute atomic E-state index is 5.99. The Morgan fingerprint density at radius 1 is 1.00 bits per heavy atom. The predicted octanol–water partition coefficient (Wildman–Crippen LogP) is 5.18. The maximum Gasteiger partial charge on any atom is 0.222 e. The number of rotatable bonds is 6. The summed E-state index contributed by atoms with van der Waals surface area (Å²) < 4.78 is 5.40. The standard InChI is InChI=1S/C25H26N6O/c1-14-10-16-4-6-18(11-23(16)28-14)30-24-20(15(2)29-25(26)31-24)8-5-17-13-27-22-9-7-19(32-3)12-21(17)22/h4,6-7,9-13,27-28H,5,8H2,1-3H3,(H3,26,29,30,31). The van der Waals surface area contributed by atoms with Crippen LogP contribution in [0.2, 0.25) is 0 Å². The smallest absolute Gasteiger partial charge is 0.222 e. The SMILES string of the molecule is COc1ccc2[nH]cc(CCc3c(C)nc(N)nc3Nc3ccc4cc(C)[nH]c4c3)c2c1. The number of aromatic nitrogens is 4. The van der Waals surface area contributed by atoms with Crippen LogP contribution in [0.3, 0.4) is 0 Å². The summed E-state index contributed by atoms with van der Waals surface area (Å²) in [7, 11) is 1.69. The molecule has 162 valence electrons. The number of aryl methyl sites for hydroxylation is 3. The van der Waals surface area contributed by atoms with Gasteiger partial charge in [0.1, 0.15) is 11.6 Å². The second-order valence-corrected chi connectivity index (χ2v) is 8.10. The van der Waals surface area contributed by atoms with Crippen molar-refractivity contribution in [1.82, 2.24) is 19.9 Å². The molecule has 0 saturated heterocycles. The molecule has 2 aromatic carbocycles. The van der Waals surface area contributed by atoms with Gasteiger partial charge in [0.2, 0.25) is 5.95 Å². The number of fused-ring (bicyclic) bond motifs is 2. The van der Waals surface area contributed by atoms with Gasteiger partial charge >= 0.3 is 0 Å². The number of nitrogen functional groups attached to an aromatic ring is 1. The quantitative estimate of drug-likeness (QED) is 0.300. The van der Waals surface area contributed by atoms with Crippen LogP contribution in [0.25, 0.3) is 21.8 Å². The van der Waals surface area contributed by atoms with Crippen molar-refractivity contribution >= 4 is 39.3 Å². The molecular formula is C25H26N6O. The van der Waals surface area contributed by atoms with E-state index < -0.39 is 0 Å². The predicted molar refractivity (Wildman–Crippen MR) is 130 cm³/mol.